The van der Waals surface area contributed by atoms with E-state index in [0.717, 1.165) is 31.2 Å². The van der Waals surface area contributed by atoms with Crippen molar-refractivity contribution in [1.29, 1.82) is 0 Å². The Labute approximate surface area is 139 Å². The first-order valence-corrected chi connectivity index (χ1v) is 9.75. The molecule has 128 valence electrons. The number of sulfonamides is 1. The molecule has 2 rings (SSSR count). The molecule has 0 aliphatic heterocycles. The van der Waals surface area contributed by atoms with Gasteiger partial charge in [-0.15, -0.1) is 0 Å². The summed E-state index contributed by atoms with van der Waals surface area (Å²) in [6.45, 7) is 6.27. The third-order valence-corrected chi connectivity index (χ3v) is 6.53. The smallest absolute Gasteiger partial charge is 0.251 e. The van der Waals surface area contributed by atoms with Crippen molar-refractivity contribution in [3.8, 4) is 0 Å². The summed E-state index contributed by atoms with van der Waals surface area (Å²) in [5, 5.41) is 3.02. The van der Waals surface area contributed by atoms with E-state index < -0.39 is 10.0 Å². The molecule has 1 aliphatic carbocycles. The van der Waals surface area contributed by atoms with Crippen LogP contribution in [0.1, 0.15) is 55.5 Å². The van der Waals surface area contributed by atoms with Crippen LogP contribution in [0.4, 0.5) is 0 Å². The van der Waals surface area contributed by atoms with Gasteiger partial charge in [-0.25, -0.2) is 8.42 Å². The van der Waals surface area contributed by atoms with Crippen molar-refractivity contribution in [2.75, 3.05) is 13.1 Å². The Hall–Kier alpha value is -1.40. The minimum atomic E-state index is -3.55. The Bertz CT molecular complexity index is 660. The summed E-state index contributed by atoms with van der Waals surface area (Å²) in [7, 11) is -3.55. The van der Waals surface area contributed by atoms with Gasteiger partial charge < -0.3 is 5.32 Å². The van der Waals surface area contributed by atoms with Gasteiger partial charge in [-0.2, -0.15) is 4.31 Å². The van der Waals surface area contributed by atoms with Crippen LogP contribution >= 0.6 is 0 Å². The number of rotatable bonds is 6. The first-order chi connectivity index (χ1) is 10.9. The molecule has 1 amide bonds. The first kappa shape index (κ1) is 17.9. The van der Waals surface area contributed by atoms with Gasteiger partial charge in [-0.3, -0.25) is 4.79 Å². The lowest BCUT2D eigenvalue weighted by molar-refractivity contribution is 0.0937. The summed E-state index contributed by atoms with van der Waals surface area (Å²) in [6, 6.07) is 5.01. The Kier molecular flexibility index (Phi) is 5.81. The number of hydrogen-bond acceptors (Lipinski definition) is 3. The Morgan fingerprint density at radius 2 is 1.83 bits per heavy atom. The van der Waals surface area contributed by atoms with Crippen LogP contribution in [0, 0.1) is 6.92 Å². The lowest BCUT2D eigenvalue weighted by Gasteiger charge is -2.19. The minimum absolute atomic E-state index is 0.175. The molecule has 0 bridgehead atoms. The van der Waals surface area contributed by atoms with Gasteiger partial charge in [0.15, 0.2) is 0 Å². The second-order valence-corrected chi connectivity index (χ2v) is 7.96. The van der Waals surface area contributed by atoms with Gasteiger partial charge in [0, 0.05) is 24.7 Å². The first-order valence-electron chi connectivity index (χ1n) is 8.31. The maximum absolute atomic E-state index is 12.6. The van der Waals surface area contributed by atoms with Crippen molar-refractivity contribution in [1.82, 2.24) is 9.62 Å². The Morgan fingerprint density at radius 3 is 2.39 bits per heavy atom. The number of nitrogens with zero attached hydrogens (tertiary/aromatic N) is 1. The SMILES string of the molecule is CCN(CC)S(=O)(=O)c1ccc(C)c(C(=O)NC2CCCC2)c1. The van der Waals surface area contributed by atoms with E-state index in [2.05, 4.69) is 5.32 Å². The van der Waals surface area contributed by atoms with E-state index >= 15 is 0 Å². The standard InChI is InChI=1S/C17H26N2O3S/c1-4-19(5-2)23(21,22)15-11-10-13(3)16(12-15)17(20)18-14-8-6-7-9-14/h10-12,14H,4-9H2,1-3H3,(H,18,20). The van der Waals surface area contributed by atoms with Crippen molar-refractivity contribution >= 4 is 15.9 Å². The fourth-order valence-electron chi connectivity index (χ4n) is 3.05. The maximum Gasteiger partial charge on any atom is 0.251 e. The molecule has 0 heterocycles. The van der Waals surface area contributed by atoms with Crippen LogP contribution in [-0.4, -0.2) is 37.8 Å². The fourth-order valence-corrected chi connectivity index (χ4v) is 4.54. The third-order valence-electron chi connectivity index (χ3n) is 4.49. The van der Waals surface area contributed by atoms with Crippen LogP contribution in [0.5, 0.6) is 0 Å². The largest absolute Gasteiger partial charge is 0.349 e. The van der Waals surface area contributed by atoms with Crippen LogP contribution in [0.3, 0.4) is 0 Å². The monoisotopic (exact) mass is 338 g/mol. The summed E-state index contributed by atoms with van der Waals surface area (Å²) in [6.07, 6.45) is 4.28. The van der Waals surface area contributed by atoms with Gasteiger partial charge in [-0.1, -0.05) is 32.8 Å². The molecule has 0 unspecified atom stereocenters. The van der Waals surface area contributed by atoms with Crippen molar-refractivity contribution in [2.24, 2.45) is 0 Å². The number of aryl methyl sites for hydroxylation is 1. The highest BCUT2D eigenvalue weighted by Gasteiger charge is 2.24. The maximum atomic E-state index is 12.6. The lowest BCUT2D eigenvalue weighted by atomic mass is 10.1. The van der Waals surface area contributed by atoms with Gasteiger partial charge in [0.05, 0.1) is 4.90 Å². The molecule has 23 heavy (non-hydrogen) atoms. The van der Waals surface area contributed by atoms with Gasteiger partial charge >= 0.3 is 0 Å². The van der Waals surface area contributed by atoms with Crippen LogP contribution in [0.15, 0.2) is 23.1 Å². The molecule has 1 aliphatic rings. The molecule has 0 saturated heterocycles. The third kappa shape index (κ3) is 3.93. The van der Waals surface area contributed by atoms with Crippen molar-refractivity contribution in [2.45, 2.75) is 57.4 Å². The van der Waals surface area contributed by atoms with Gasteiger partial charge in [0.1, 0.15) is 0 Å². The summed E-state index contributed by atoms with van der Waals surface area (Å²) >= 11 is 0. The van der Waals surface area contributed by atoms with E-state index in [0.29, 0.717) is 18.7 Å². The van der Waals surface area contributed by atoms with Gasteiger partial charge in [-0.05, 0) is 37.5 Å². The molecular formula is C17H26N2O3S. The van der Waals surface area contributed by atoms with Gasteiger partial charge in [0.25, 0.3) is 5.91 Å². The van der Waals surface area contributed by atoms with Crippen LogP contribution in [0.2, 0.25) is 0 Å². The predicted octanol–water partition coefficient (Wildman–Crippen LogP) is 2.70. The molecule has 1 fully saturated rings. The predicted molar refractivity (Wildman–Crippen MR) is 91.0 cm³/mol. The van der Waals surface area contributed by atoms with Crippen molar-refractivity contribution in [3.05, 3.63) is 29.3 Å². The Balaban J connectivity index is 2.29. The van der Waals surface area contributed by atoms with Crippen molar-refractivity contribution < 1.29 is 13.2 Å². The van der Waals surface area contributed by atoms with E-state index in [4.69, 9.17) is 0 Å². The molecule has 0 spiro atoms. The summed E-state index contributed by atoms with van der Waals surface area (Å²) < 4.78 is 26.6. The van der Waals surface area contributed by atoms with Crippen LogP contribution in [0.25, 0.3) is 0 Å². The van der Waals surface area contributed by atoms with Crippen LogP contribution in [-0.2, 0) is 10.0 Å². The molecule has 1 saturated carbocycles. The Morgan fingerprint density at radius 1 is 1.22 bits per heavy atom. The average molecular weight is 338 g/mol. The number of carbonyl (C=O) groups excluding carboxylic acids is 1. The van der Waals surface area contributed by atoms with E-state index in [1.165, 1.54) is 10.4 Å². The van der Waals surface area contributed by atoms with Crippen LogP contribution < -0.4 is 5.32 Å². The number of nitrogens with one attached hydrogen (secondary N) is 1. The zero-order chi connectivity index (χ0) is 17.0. The number of carbonyl (C=O) groups is 1. The summed E-state index contributed by atoms with van der Waals surface area (Å²) in [5.74, 6) is -0.175. The molecule has 5 nitrogen and oxygen atoms in total. The molecule has 1 aromatic carbocycles. The number of hydrogen-bond donors (Lipinski definition) is 1. The highest BCUT2D eigenvalue weighted by molar-refractivity contribution is 7.89. The second-order valence-electron chi connectivity index (χ2n) is 6.02. The molecule has 1 N–H and O–H groups in total. The molecule has 1 aromatic rings. The molecule has 0 atom stereocenters. The van der Waals surface area contributed by atoms with E-state index in [1.54, 1.807) is 12.1 Å². The topological polar surface area (TPSA) is 66.5 Å². The highest BCUT2D eigenvalue weighted by Crippen LogP contribution is 2.21. The normalized spacial score (nSPS) is 16.0. The highest BCUT2D eigenvalue weighted by atomic mass is 32.2. The van der Waals surface area contributed by atoms with E-state index in [1.807, 2.05) is 20.8 Å². The quantitative estimate of drug-likeness (QED) is 0.867. The zero-order valence-electron chi connectivity index (χ0n) is 14.1. The molecular weight excluding hydrogens is 312 g/mol. The number of benzene rings is 1. The zero-order valence-corrected chi connectivity index (χ0v) is 14.9. The number of amides is 1. The second kappa shape index (κ2) is 7.45. The summed E-state index contributed by atoms with van der Waals surface area (Å²) in [5.41, 5.74) is 1.24. The lowest BCUT2D eigenvalue weighted by Crippen LogP contribution is -2.34. The summed E-state index contributed by atoms with van der Waals surface area (Å²) in [4.78, 5) is 12.7. The molecule has 0 aromatic heterocycles. The fraction of sp³-hybridized carbons (Fsp3) is 0.588. The van der Waals surface area contributed by atoms with E-state index in [-0.39, 0.29) is 16.8 Å². The molecule has 6 heteroatoms. The van der Waals surface area contributed by atoms with Gasteiger partial charge in [0.2, 0.25) is 10.0 Å². The van der Waals surface area contributed by atoms with E-state index in [9.17, 15) is 13.2 Å². The molecule has 0 radical (unpaired) electrons. The van der Waals surface area contributed by atoms with Crippen molar-refractivity contribution in [3.63, 3.8) is 0 Å². The average Bonchev–Trinajstić information content (AvgIpc) is 3.01. The minimum Gasteiger partial charge on any atom is -0.349 e.